The normalized spacial score (nSPS) is 11.5. The average molecular weight is 443 g/mol. The van der Waals surface area contributed by atoms with Crippen LogP contribution >= 0.6 is 0 Å². The fraction of sp³-hybridized carbons (Fsp3) is 0.269. The minimum absolute atomic E-state index is 0.540. The van der Waals surface area contributed by atoms with E-state index in [1.54, 1.807) is 13.3 Å². The van der Waals surface area contributed by atoms with Crippen molar-refractivity contribution in [2.75, 3.05) is 13.6 Å². The quantitative estimate of drug-likeness (QED) is 0.240. The number of aromatic nitrogens is 3. The Kier molecular flexibility index (Phi) is 7.19. The first-order chi connectivity index (χ1) is 16.1. The highest BCUT2D eigenvalue weighted by molar-refractivity contribution is 5.79. The van der Waals surface area contributed by atoms with E-state index in [0.717, 1.165) is 48.0 Å². The van der Waals surface area contributed by atoms with E-state index in [-0.39, 0.29) is 0 Å². The molecule has 33 heavy (non-hydrogen) atoms. The molecule has 2 heterocycles. The Hall–Kier alpha value is -3.87. The number of hydrogen-bond acceptors (Lipinski definition) is 4. The van der Waals surface area contributed by atoms with Crippen molar-refractivity contribution < 1.29 is 4.42 Å². The molecule has 2 aromatic carbocycles. The maximum Gasteiger partial charge on any atom is 0.226 e. The lowest BCUT2D eigenvalue weighted by atomic mass is 10.1. The van der Waals surface area contributed by atoms with Crippen LogP contribution in [0.3, 0.4) is 0 Å². The lowest BCUT2D eigenvalue weighted by Crippen LogP contribution is -2.37. The maximum atomic E-state index is 5.63. The van der Waals surface area contributed by atoms with E-state index in [4.69, 9.17) is 4.42 Å². The fourth-order valence-corrected chi connectivity index (χ4v) is 3.55. The average Bonchev–Trinajstić information content (AvgIpc) is 3.46. The summed E-state index contributed by atoms with van der Waals surface area (Å²) in [5.74, 6) is 1.37. The molecule has 0 fully saturated rings. The second-order valence-electron chi connectivity index (χ2n) is 7.99. The molecule has 7 nitrogen and oxygen atoms in total. The third-order valence-electron chi connectivity index (χ3n) is 5.45. The summed E-state index contributed by atoms with van der Waals surface area (Å²) in [6.45, 7) is 5.47. The summed E-state index contributed by atoms with van der Waals surface area (Å²) in [5.41, 5.74) is 6.42. The maximum absolute atomic E-state index is 5.63. The van der Waals surface area contributed by atoms with Crippen LogP contribution in [0.1, 0.15) is 28.9 Å². The smallest absolute Gasteiger partial charge is 0.226 e. The molecule has 0 aliphatic rings. The molecule has 0 unspecified atom stereocenters. The molecule has 0 saturated carbocycles. The predicted octanol–water partition coefficient (Wildman–Crippen LogP) is 4.44. The molecule has 0 aliphatic heterocycles. The molecular formula is C26H30N6O. The SMILES string of the molecule is CN=C(NCCCc1cn(-c2ccccc2)nc1C)NCc1coc(-c2ccc(C)cc2)n1. The lowest BCUT2D eigenvalue weighted by Gasteiger charge is -2.10. The van der Waals surface area contributed by atoms with Crippen LogP contribution in [0.25, 0.3) is 17.1 Å². The van der Waals surface area contributed by atoms with Gasteiger partial charge in [0.1, 0.15) is 6.26 Å². The van der Waals surface area contributed by atoms with Crippen LogP contribution in [0.2, 0.25) is 0 Å². The number of rotatable bonds is 8. The van der Waals surface area contributed by atoms with Crippen molar-refractivity contribution in [3.8, 4) is 17.1 Å². The number of hydrogen-bond donors (Lipinski definition) is 2. The minimum Gasteiger partial charge on any atom is -0.444 e. The van der Waals surface area contributed by atoms with E-state index in [9.17, 15) is 0 Å². The number of guanidine groups is 1. The lowest BCUT2D eigenvalue weighted by molar-refractivity contribution is 0.572. The van der Waals surface area contributed by atoms with Gasteiger partial charge in [0.15, 0.2) is 5.96 Å². The van der Waals surface area contributed by atoms with Crippen LogP contribution in [-0.4, -0.2) is 34.3 Å². The van der Waals surface area contributed by atoms with Gasteiger partial charge in [0.05, 0.1) is 23.6 Å². The van der Waals surface area contributed by atoms with Crippen molar-refractivity contribution >= 4 is 5.96 Å². The zero-order valence-electron chi connectivity index (χ0n) is 19.4. The number of nitrogens with zero attached hydrogens (tertiary/aromatic N) is 4. The zero-order valence-corrected chi connectivity index (χ0v) is 19.4. The van der Waals surface area contributed by atoms with Crippen LogP contribution in [-0.2, 0) is 13.0 Å². The van der Waals surface area contributed by atoms with Gasteiger partial charge in [-0.05, 0) is 56.5 Å². The van der Waals surface area contributed by atoms with E-state index in [0.29, 0.717) is 12.4 Å². The Morgan fingerprint density at radius 3 is 2.58 bits per heavy atom. The predicted molar refractivity (Wildman–Crippen MR) is 131 cm³/mol. The van der Waals surface area contributed by atoms with Gasteiger partial charge in [-0.25, -0.2) is 9.67 Å². The molecule has 0 atom stereocenters. The number of nitrogens with one attached hydrogen (secondary N) is 2. The molecule has 0 radical (unpaired) electrons. The van der Waals surface area contributed by atoms with Gasteiger partial charge in [-0.1, -0.05) is 35.9 Å². The summed E-state index contributed by atoms with van der Waals surface area (Å²) >= 11 is 0. The summed E-state index contributed by atoms with van der Waals surface area (Å²) in [6, 6.07) is 18.3. The molecule has 4 rings (SSSR count). The summed E-state index contributed by atoms with van der Waals surface area (Å²) in [7, 11) is 1.77. The van der Waals surface area contributed by atoms with Crippen molar-refractivity contribution in [1.29, 1.82) is 0 Å². The molecule has 2 N–H and O–H groups in total. The fourth-order valence-electron chi connectivity index (χ4n) is 3.55. The Morgan fingerprint density at radius 1 is 1.03 bits per heavy atom. The van der Waals surface area contributed by atoms with Gasteiger partial charge in [-0.3, -0.25) is 4.99 Å². The molecular weight excluding hydrogens is 412 g/mol. The van der Waals surface area contributed by atoms with E-state index in [2.05, 4.69) is 70.0 Å². The van der Waals surface area contributed by atoms with Crippen molar-refractivity contribution in [3.63, 3.8) is 0 Å². The highest BCUT2D eigenvalue weighted by Crippen LogP contribution is 2.19. The van der Waals surface area contributed by atoms with E-state index >= 15 is 0 Å². The molecule has 0 bridgehead atoms. The van der Waals surface area contributed by atoms with E-state index in [1.807, 2.05) is 35.0 Å². The molecule has 0 spiro atoms. The second kappa shape index (κ2) is 10.6. The van der Waals surface area contributed by atoms with E-state index in [1.165, 1.54) is 11.1 Å². The standard InChI is InChI=1S/C26H30N6O/c1-19-11-13-21(14-12-19)25-30-23(18-33-25)16-29-26(27-3)28-15-7-8-22-17-32(31-20(22)2)24-9-5-4-6-10-24/h4-6,9-14,17-18H,7-8,15-16H2,1-3H3,(H2,27,28,29). The van der Waals surface area contributed by atoms with E-state index < -0.39 is 0 Å². The molecule has 0 aliphatic carbocycles. The highest BCUT2D eigenvalue weighted by atomic mass is 16.3. The van der Waals surface area contributed by atoms with Crippen molar-refractivity contribution in [2.24, 2.45) is 4.99 Å². The third kappa shape index (κ3) is 5.88. The largest absolute Gasteiger partial charge is 0.444 e. The van der Waals surface area contributed by atoms with Crippen molar-refractivity contribution in [3.05, 3.63) is 89.6 Å². The molecule has 4 aromatic rings. The van der Waals surface area contributed by atoms with Crippen molar-refractivity contribution in [1.82, 2.24) is 25.4 Å². The number of benzene rings is 2. The first kappa shape index (κ1) is 22.3. The van der Waals surface area contributed by atoms with Crippen LogP contribution in [0.4, 0.5) is 0 Å². The first-order valence-corrected chi connectivity index (χ1v) is 11.2. The van der Waals surface area contributed by atoms with Gasteiger partial charge in [-0.2, -0.15) is 5.10 Å². The zero-order chi connectivity index (χ0) is 23.0. The summed E-state index contributed by atoms with van der Waals surface area (Å²) < 4.78 is 7.58. The Balaban J connectivity index is 1.23. The summed E-state index contributed by atoms with van der Waals surface area (Å²) in [5, 5.41) is 11.3. The van der Waals surface area contributed by atoms with Gasteiger partial charge < -0.3 is 15.1 Å². The van der Waals surface area contributed by atoms with Crippen LogP contribution in [0.5, 0.6) is 0 Å². The number of para-hydroxylation sites is 1. The first-order valence-electron chi connectivity index (χ1n) is 11.2. The molecule has 0 amide bonds. The van der Waals surface area contributed by atoms with Gasteiger partial charge in [0.25, 0.3) is 0 Å². The number of oxazole rings is 1. The van der Waals surface area contributed by atoms with Crippen LogP contribution in [0.15, 0.2) is 76.5 Å². The minimum atomic E-state index is 0.540. The third-order valence-corrected chi connectivity index (χ3v) is 5.45. The second-order valence-corrected chi connectivity index (χ2v) is 7.99. The highest BCUT2D eigenvalue weighted by Gasteiger charge is 2.08. The topological polar surface area (TPSA) is 80.3 Å². The van der Waals surface area contributed by atoms with Crippen LogP contribution < -0.4 is 10.6 Å². The molecule has 7 heteroatoms. The number of aliphatic imine (C=N–C) groups is 1. The van der Waals surface area contributed by atoms with Gasteiger partial charge >= 0.3 is 0 Å². The molecule has 0 saturated heterocycles. The Bertz CT molecular complexity index is 1190. The Morgan fingerprint density at radius 2 is 1.82 bits per heavy atom. The number of aryl methyl sites for hydroxylation is 3. The summed E-state index contributed by atoms with van der Waals surface area (Å²) in [4.78, 5) is 8.87. The van der Waals surface area contributed by atoms with Crippen LogP contribution in [0, 0.1) is 13.8 Å². The Labute approximate surface area is 194 Å². The monoisotopic (exact) mass is 442 g/mol. The van der Waals surface area contributed by atoms with Gasteiger partial charge in [0.2, 0.25) is 5.89 Å². The van der Waals surface area contributed by atoms with Crippen molar-refractivity contribution in [2.45, 2.75) is 33.2 Å². The van der Waals surface area contributed by atoms with Gasteiger partial charge in [0, 0.05) is 25.4 Å². The van der Waals surface area contributed by atoms with Gasteiger partial charge in [-0.15, -0.1) is 0 Å². The molecule has 170 valence electrons. The molecule has 2 aromatic heterocycles. The summed E-state index contributed by atoms with van der Waals surface area (Å²) in [6.07, 6.45) is 5.73.